The minimum Gasteiger partial charge on any atom is -0.379 e. The lowest BCUT2D eigenvalue weighted by molar-refractivity contribution is 0.0496. The summed E-state index contributed by atoms with van der Waals surface area (Å²) in [5.74, 6) is 1.70. The third kappa shape index (κ3) is 2.82. The van der Waals surface area contributed by atoms with Crippen molar-refractivity contribution >= 4 is 5.82 Å². The summed E-state index contributed by atoms with van der Waals surface area (Å²) in [6, 6.07) is 4.10. The number of piperidine rings is 1. The predicted octanol–water partition coefficient (Wildman–Crippen LogP) is 1.44. The van der Waals surface area contributed by atoms with Crippen LogP contribution >= 0.6 is 0 Å². The van der Waals surface area contributed by atoms with Gasteiger partial charge in [0.2, 0.25) is 0 Å². The molecule has 2 unspecified atom stereocenters. The number of pyridine rings is 1. The SMILES string of the molecule is COC1CN(c2ncccc2CCN)CCC1C. The maximum Gasteiger partial charge on any atom is 0.131 e. The molecule has 0 amide bonds. The van der Waals surface area contributed by atoms with Gasteiger partial charge in [-0.15, -0.1) is 0 Å². The topological polar surface area (TPSA) is 51.4 Å². The summed E-state index contributed by atoms with van der Waals surface area (Å²) in [5.41, 5.74) is 6.90. The molecule has 2 rings (SSSR count). The van der Waals surface area contributed by atoms with Crippen LogP contribution in [0.4, 0.5) is 5.82 Å². The highest BCUT2D eigenvalue weighted by atomic mass is 16.5. The lowest BCUT2D eigenvalue weighted by Crippen LogP contribution is -2.44. The van der Waals surface area contributed by atoms with E-state index in [1.807, 2.05) is 12.3 Å². The Kier molecular flexibility index (Phi) is 4.55. The Morgan fingerprint density at radius 3 is 3.11 bits per heavy atom. The zero-order chi connectivity index (χ0) is 13.0. The molecular formula is C14H23N3O. The first-order chi connectivity index (χ1) is 8.76. The van der Waals surface area contributed by atoms with Crippen molar-refractivity contribution in [3.63, 3.8) is 0 Å². The molecule has 4 heteroatoms. The summed E-state index contributed by atoms with van der Waals surface area (Å²) in [6.45, 7) is 4.89. The Bertz CT molecular complexity index is 383. The summed E-state index contributed by atoms with van der Waals surface area (Å²) < 4.78 is 5.56. The zero-order valence-corrected chi connectivity index (χ0v) is 11.3. The molecule has 0 bridgehead atoms. The van der Waals surface area contributed by atoms with Crippen LogP contribution in [0.5, 0.6) is 0 Å². The quantitative estimate of drug-likeness (QED) is 0.877. The van der Waals surface area contributed by atoms with Crippen LogP contribution < -0.4 is 10.6 Å². The maximum atomic E-state index is 5.66. The highest BCUT2D eigenvalue weighted by molar-refractivity contribution is 5.47. The number of rotatable bonds is 4. The van der Waals surface area contributed by atoms with E-state index in [4.69, 9.17) is 10.5 Å². The summed E-state index contributed by atoms with van der Waals surface area (Å²) in [7, 11) is 1.80. The highest BCUT2D eigenvalue weighted by Crippen LogP contribution is 2.25. The number of aromatic nitrogens is 1. The van der Waals surface area contributed by atoms with Crippen molar-refractivity contribution in [3.8, 4) is 0 Å². The van der Waals surface area contributed by atoms with Gasteiger partial charge in [-0.05, 0) is 36.9 Å². The molecule has 18 heavy (non-hydrogen) atoms. The molecular weight excluding hydrogens is 226 g/mol. The van der Waals surface area contributed by atoms with Gasteiger partial charge in [-0.1, -0.05) is 13.0 Å². The van der Waals surface area contributed by atoms with Crippen molar-refractivity contribution in [1.29, 1.82) is 0 Å². The molecule has 100 valence electrons. The molecule has 1 aliphatic heterocycles. The Balaban J connectivity index is 2.16. The van der Waals surface area contributed by atoms with Gasteiger partial charge in [-0.25, -0.2) is 4.98 Å². The molecule has 2 atom stereocenters. The largest absolute Gasteiger partial charge is 0.379 e. The van der Waals surface area contributed by atoms with E-state index in [-0.39, 0.29) is 0 Å². The number of hydrogen-bond donors (Lipinski definition) is 1. The van der Waals surface area contributed by atoms with Gasteiger partial charge < -0.3 is 15.4 Å². The summed E-state index contributed by atoms with van der Waals surface area (Å²) >= 11 is 0. The van der Waals surface area contributed by atoms with Gasteiger partial charge in [0.15, 0.2) is 0 Å². The smallest absolute Gasteiger partial charge is 0.131 e. The Hall–Kier alpha value is -1.13. The molecule has 0 spiro atoms. The van der Waals surface area contributed by atoms with Crippen LogP contribution in [-0.4, -0.2) is 37.8 Å². The number of ether oxygens (including phenoxy) is 1. The average molecular weight is 249 g/mol. The minimum absolute atomic E-state index is 0.298. The first-order valence-corrected chi connectivity index (χ1v) is 6.68. The van der Waals surface area contributed by atoms with Crippen LogP contribution in [-0.2, 0) is 11.2 Å². The van der Waals surface area contributed by atoms with Crippen molar-refractivity contribution in [2.45, 2.75) is 25.9 Å². The van der Waals surface area contributed by atoms with Crippen LogP contribution in [0.25, 0.3) is 0 Å². The molecule has 0 aromatic carbocycles. The minimum atomic E-state index is 0.298. The molecule has 1 fully saturated rings. The van der Waals surface area contributed by atoms with Crippen LogP contribution in [0.1, 0.15) is 18.9 Å². The number of hydrogen-bond acceptors (Lipinski definition) is 4. The molecule has 1 aromatic heterocycles. The van der Waals surface area contributed by atoms with Crippen molar-refractivity contribution in [3.05, 3.63) is 23.9 Å². The van der Waals surface area contributed by atoms with Gasteiger partial charge in [0.25, 0.3) is 0 Å². The Morgan fingerprint density at radius 2 is 2.39 bits per heavy atom. The first kappa shape index (κ1) is 13.3. The van der Waals surface area contributed by atoms with Crippen molar-refractivity contribution in [2.75, 3.05) is 31.6 Å². The van der Waals surface area contributed by atoms with Crippen LogP contribution in [0.3, 0.4) is 0 Å². The second-order valence-corrected chi connectivity index (χ2v) is 5.01. The van der Waals surface area contributed by atoms with Gasteiger partial charge in [0.1, 0.15) is 5.82 Å². The lowest BCUT2D eigenvalue weighted by Gasteiger charge is -2.37. The first-order valence-electron chi connectivity index (χ1n) is 6.68. The van der Waals surface area contributed by atoms with E-state index in [0.29, 0.717) is 18.6 Å². The van der Waals surface area contributed by atoms with E-state index in [9.17, 15) is 0 Å². The van der Waals surface area contributed by atoms with E-state index < -0.39 is 0 Å². The van der Waals surface area contributed by atoms with Crippen LogP contribution in [0.15, 0.2) is 18.3 Å². The number of methoxy groups -OCH3 is 1. The molecule has 2 N–H and O–H groups in total. The number of anilines is 1. The molecule has 0 radical (unpaired) electrons. The summed E-state index contributed by atoms with van der Waals surface area (Å²) in [4.78, 5) is 6.86. The fourth-order valence-electron chi connectivity index (χ4n) is 2.60. The van der Waals surface area contributed by atoms with Gasteiger partial charge in [0, 0.05) is 26.4 Å². The van der Waals surface area contributed by atoms with Crippen molar-refractivity contribution < 1.29 is 4.74 Å². The van der Waals surface area contributed by atoms with Crippen molar-refractivity contribution in [2.24, 2.45) is 11.7 Å². The van der Waals surface area contributed by atoms with Gasteiger partial charge in [0.05, 0.1) is 6.10 Å². The second-order valence-electron chi connectivity index (χ2n) is 5.01. The zero-order valence-electron chi connectivity index (χ0n) is 11.3. The van der Waals surface area contributed by atoms with Crippen LogP contribution in [0.2, 0.25) is 0 Å². The molecule has 0 aliphatic carbocycles. The van der Waals surface area contributed by atoms with Gasteiger partial charge in [-0.3, -0.25) is 0 Å². The Morgan fingerprint density at radius 1 is 1.56 bits per heavy atom. The fourth-order valence-corrected chi connectivity index (χ4v) is 2.60. The molecule has 1 saturated heterocycles. The fraction of sp³-hybridized carbons (Fsp3) is 0.643. The molecule has 1 aliphatic rings. The lowest BCUT2D eigenvalue weighted by atomic mass is 9.95. The number of nitrogens with zero attached hydrogens (tertiary/aromatic N) is 2. The summed E-state index contributed by atoms with van der Waals surface area (Å²) in [6.07, 6.45) is 4.19. The third-order valence-corrected chi connectivity index (χ3v) is 3.77. The predicted molar refractivity (Wildman–Crippen MR) is 73.8 cm³/mol. The Labute approximate surface area is 109 Å². The molecule has 4 nitrogen and oxygen atoms in total. The van der Waals surface area contributed by atoms with E-state index >= 15 is 0 Å². The van der Waals surface area contributed by atoms with E-state index in [2.05, 4.69) is 22.9 Å². The van der Waals surface area contributed by atoms with Crippen LogP contribution in [0, 0.1) is 5.92 Å². The van der Waals surface area contributed by atoms with E-state index in [0.717, 1.165) is 31.7 Å². The standard InChI is InChI=1S/C14H23N3O/c1-11-6-9-17(10-13(11)18-2)14-12(5-7-15)4-3-8-16-14/h3-4,8,11,13H,5-7,9-10,15H2,1-2H3. The average Bonchev–Trinajstić information content (AvgIpc) is 2.40. The van der Waals surface area contributed by atoms with Gasteiger partial charge in [-0.2, -0.15) is 0 Å². The molecule has 0 saturated carbocycles. The molecule has 2 heterocycles. The van der Waals surface area contributed by atoms with E-state index in [1.165, 1.54) is 5.56 Å². The van der Waals surface area contributed by atoms with Crippen molar-refractivity contribution in [1.82, 2.24) is 4.98 Å². The maximum absolute atomic E-state index is 5.66. The summed E-state index contributed by atoms with van der Waals surface area (Å²) in [5, 5.41) is 0. The molecule has 1 aromatic rings. The third-order valence-electron chi connectivity index (χ3n) is 3.77. The second kappa shape index (κ2) is 6.16. The highest BCUT2D eigenvalue weighted by Gasteiger charge is 2.27. The normalized spacial score (nSPS) is 24.3. The monoisotopic (exact) mass is 249 g/mol. The number of nitrogens with two attached hydrogens (primary N) is 1. The van der Waals surface area contributed by atoms with E-state index in [1.54, 1.807) is 7.11 Å². The van der Waals surface area contributed by atoms with Gasteiger partial charge >= 0.3 is 0 Å².